The minimum Gasteiger partial charge on any atom is -0.465 e. The number of hydrogen-bond donors (Lipinski definition) is 2. The van der Waals surface area contributed by atoms with Crippen molar-refractivity contribution in [2.45, 2.75) is 38.1 Å². The molecule has 1 aliphatic carbocycles. The Balaban J connectivity index is 2.16. The van der Waals surface area contributed by atoms with E-state index in [4.69, 9.17) is 5.73 Å². The SMILES string of the molecule is CCOC(=O)CNC(=O)CC1(N)CCC1. The number of carbonyl (C=O) groups is 2. The van der Waals surface area contributed by atoms with Crippen LogP contribution in [0.1, 0.15) is 32.6 Å². The number of ether oxygens (including phenoxy) is 1. The van der Waals surface area contributed by atoms with Gasteiger partial charge in [-0.2, -0.15) is 0 Å². The van der Waals surface area contributed by atoms with E-state index in [1.54, 1.807) is 6.92 Å². The van der Waals surface area contributed by atoms with E-state index in [0.29, 0.717) is 13.0 Å². The lowest BCUT2D eigenvalue weighted by atomic mass is 9.75. The van der Waals surface area contributed by atoms with Crippen molar-refractivity contribution in [3.63, 3.8) is 0 Å². The second kappa shape index (κ2) is 5.11. The highest BCUT2D eigenvalue weighted by Gasteiger charge is 2.34. The summed E-state index contributed by atoms with van der Waals surface area (Å²) in [6.45, 7) is 1.99. The van der Waals surface area contributed by atoms with Crippen molar-refractivity contribution in [3.8, 4) is 0 Å². The maximum Gasteiger partial charge on any atom is 0.325 e. The molecule has 1 aliphatic rings. The van der Waals surface area contributed by atoms with Gasteiger partial charge in [-0.25, -0.2) is 0 Å². The molecule has 0 saturated heterocycles. The zero-order valence-corrected chi connectivity index (χ0v) is 9.04. The maximum absolute atomic E-state index is 11.4. The Bertz CT molecular complexity index is 249. The molecule has 86 valence electrons. The standard InChI is InChI=1S/C10H18N2O3/c1-2-15-9(14)7-12-8(13)6-10(11)4-3-5-10/h2-7,11H2,1H3,(H,12,13). The molecule has 15 heavy (non-hydrogen) atoms. The third kappa shape index (κ3) is 3.87. The van der Waals surface area contributed by atoms with E-state index in [1.165, 1.54) is 0 Å². The smallest absolute Gasteiger partial charge is 0.325 e. The third-order valence-corrected chi connectivity index (χ3v) is 2.60. The Morgan fingerprint density at radius 2 is 2.13 bits per heavy atom. The normalized spacial score (nSPS) is 17.7. The quantitative estimate of drug-likeness (QED) is 0.628. The van der Waals surface area contributed by atoms with E-state index < -0.39 is 5.97 Å². The predicted molar refractivity (Wildman–Crippen MR) is 55.0 cm³/mol. The molecule has 0 aromatic heterocycles. The second-order valence-electron chi connectivity index (χ2n) is 3.97. The molecule has 1 amide bonds. The van der Waals surface area contributed by atoms with Crippen LogP contribution < -0.4 is 11.1 Å². The van der Waals surface area contributed by atoms with Crippen molar-refractivity contribution in [1.82, 2.24) is 5.32 Å². The van der Waals surface area contributed by atoms with Gasteiger partial charge in [-0.15, -0.1) is 0 Å². The van der Waals surface area contributed by atoms with Crippen molar-refractivity contribution in [2.75, 3.05) is 13.2 Å². The Morgan fingerprint density at radius 3 is 2.60 bits per heavy atom. The highest BCUT2D eigenvalue weighted by molar-refractivity contribution is 5.82. The fourth-order valence-corrected chi connectivity index (χ4v) is 1.57. The van der Waals surface area contributed by atoms with Crippen LogP contribution in [-0.2, 0) is 14.3 Å². The number of amides is 1. The summed E-state index contributed by atoms with van der Waals surface area (Å²) < 4.78 is 4.68. The first-order valence-corrected chi connectivity index (χ1v) is 5.27. The van der Waals surface area contributed by atoms with Crippen LogP contribution in [0.4, 0.5) is 0 Å². The van der Waals surface area contributed by atoms with Crippen LogP contribution in [-0.4, -0.2) is 30.6 Å². The number of esters is 1. The lowest BCUT2D eigenvalue weighted by molar-refractivity contribution is -0.143. The molecule has 0 heterocycles. The van der Waals surface area contributed by atoms with Crippen molar-refractivity contribution in [2.24, 2.45) is 5.73 Å². The summed E-state index contributed by atoms with van der Waals surface area (Å²) in [6, 6.07) is 0. The van der Waals surface area contributed by atoms with E-state index in [1.807, 2.05) is 0 Å². The maximum atomic E-state index is 11.4. The molecule has 0 unspecified atom stereocenters. The van der Waals surface area contributed by atoms with Gasteiger partial charge in [-0.3, -0.25) is 9.59 Å². The molecular weight excluding hydrogens is 196 g/mol. The van der Waals surface area contributed by atoms with Crippen LogP contribution >= 0.6 is 0 Å². The number of hydrogen-bond acceptors (Lipinski definition) is 4. The summed E-state index contributed by atoms with van der Waals surface area (Å²) in [5.41, 5.74) is 5.56. The molecule has 0 aromatic carbocycles. The van der Waals surface area contributed by atoms with Crippen LogP contribution in [0.2, 0.25) is 0 Å². The monoisotopic (exact) mass is 214 g/mol. The predicted octanol–water partition coefficient (Wildman–Crippen LogP) is -0.0628. The minimum absolute atomic E-state index is 0.0667. The molecule has 0 aliphatic heterocycles. The van der Waals surface area contributed by atoms with Gasteiger partial charge in [-0.05, 0) is 26.2 Å². The van der Waals surface area contributed by atoms with E-state index in [0.717, 1.165) is 19.3 Å². The third-order valence-electron chi connectivity index (χ3n) is 2.60. The van der Waals surface area contributed by atoms with Gasteiger partial charge in [0.25, 0.3) is 0 Å². The fraction of sp³-hybridized carbons (Fsp3) is 0.800. The zero-order valence-electron chi connectivity index (χ0n) is 9.04. The van der Waals surface area contributed by atoms with Crippen molar-refractivity contribution < 1.29 is 14.3 Å². The summed E-state index contributed by atoms with van der Waals surface area (Å²) in [6.07, 6.45) is 3.16. The van der Waals surface area contributed by atoms with Gasteiger partial charge in [0.15, 0.2) is 0 Å². The highest BCUT2D eigenvalue weighted by Crippen LogP contribution is 2.31. The van der Waals surface area contributed by atoms with Crippen LogP contribution in [0.25, 0.3) is 0 Å². The average molecular weight is 214 g/mol. The van der Waals surface area contributed by atoms with Crippen LogP contribution in [0, 0.1) is 0 Å². The minimum atomic E-state index is -0.412. The molecule has 1 saturated carbocycles. The molecule has 0 aromatic rings. The summed E-state index contributed by atoms with van der Waals surface area (Å²) in [5, 5.41) is 2.50. The topological polar surface area (TPSA) is 81.4 Å². The highest BCUT2D eigenvalue weighted by atomic mass is 16.5. The Labute approximate surface area is 89.3 Å². The first kappa shape index (κ1) is 12.0. The summed E-state index contributed by atoms with van der Waals surface area (Å²) in [4.78, 5) is 22.3. The Kier molecular flexibility index (Phi) is 4.08. The van der Waals surface area contributed by atoms with Gasteiger partial charge in [0.1, 0.15) is 6.54 Å². The molecule has 3 N–H and O–H groups in total. The lowest BCUT2D eigenvalue weighted by Gasteiger charge is -2.37. The van der Waals surface area contributed by atoms with Crippen LogP contribution in [0.15, 0.2) is 0 Å². The van der Waals surface area contributed by atoms with Crippen LogP contribution in [0.5, 0.6) is 0 Å². The number of rotatable bonds is 5. The number of carbonyl (C=O) groups excluding carboxylic acids is 2. The largest absolute Gasteiger partial charge is 0.465 e. The molecule has 5 heteroatoms. The van der Waals surface area contributed by atoms with Crippen molar-refractivity contribution >= 4 is 11.9 Å². The average Bonchev–Trinajstić information content (AvgIpc) is 2.13. The molecule has 0 spiro atoms. The van der Waals surface area contributed by atoms with E-state index in [-0.39, 0.29) is 18.0 Å². The zero-order chi connectivity index (χ0) is 11.3. The molecule has 0 atom stereocenters. The van der Waals surface area contributed by atoms with Crippen LogP contribution in [0.3, 0.4) is 0 Å². The summed E-state index contributed by atoms with van der Waals surface area (Å²) in [5.74, 6) is -0.587. The molecule has 0 radical (unpaired) electrons. The molecule has 1 rings (SSSR count). The van der Waals surface area contributed by atoms with Gasteiger partial charge in [-0.1, -0.05) is 0 Å². The number of nitrogens with two attached hydrogens (primary N) is 1. The Morgan fingerprint density at radius 1 is 1.47 bits per heavy atom. The second-order valence-corrected chi connectivity index (χ2v) is 3.97. The fourth-order valence-electron chi connectivity index (χ4n) is 1.57. The molecule has 1 fully saturated rings. The first-order chi connectivity index (χ1) is 7.06. The van der Waals surface area contributed by atoms with Gasteiger partial charge in [0, 0.05) is 12.0 Å². The van der Waals surface area contributed by atoms with Crippen molar-refractivity contribution in [3.05, 3.63) is 0 Å². The van der Waals surface area contributed by atoms with Gasteiger partial charge >= 0.3 is 5.97 Å². The molecule has 5 nitrogen and oxygen atoms in total. The van der Waals surface area contributed by atoms with Gasteiger partial charge in [0.2, 0.25) is 5.91 Å². The van der Waals surface area contributed by atoms with Gasteiger partial charge in [0.05, 0.1) is 6.61 Å². The lowest BCUT2D eigenvalue weighted by Crippen LogP contribution is -2.50. The van der Waals surface area contributed by atoms with Crippen molar-refractivity contribution in [1.29, 1.82) is 0 Å². The Hall–Kier alpha value is -1.10. The van der Waals surface area contributed by atoms with E-state index >= 15 is 0 Å². The van der Waals surface area contributed by atoms with E-state index in [9.17, 15) is 9.59 Å². The van der Waals surface area contributed by atoms with Gasteiger partial charge < -0.3 is 15.8 Å². The first-order valence-electron chi connectivity index (χ1n) is 5.27. The van der Waals surface area contributed by atoms with E-state index in [2.05, 4.69) is 10.1 Å². The number of nitrogens with one attached hydrogen (secondary N) is 1. The summed E-state index contributed by atoms with van der Waals surface area (Å²) in [7, 11) is 0. The molecule has 0 bridgehead atoms. The molecular formula is C10H18N2O3. The summed E-state index contributed by atoms with van der Waals surface area (Å²) >= 11 is 0.